The van der Waals surface area contributed by atoms with Gasteiger partial charge in [0.25, 0.3) is 0 Å². The monoisotopic (exact) mass is 391 g/mol. The van der Waals surface area contributed by atoms with Crippen LogP contribution in [-0.2, 0) is 0 Å². The van der Waals surface area contributed by atoms with Crippen molar-refractivity contribution in [3.05, 3.63) is 63.9 Å². The lowest BCUT2D eigenvalue weighted by molar-refractivity contribution is 0.0691. The summed E-state index contributed by atoms with van der Waals surface area (Å²) in [6.45, 7) is 0. The Morgan fingerprint density at radius 3 is 2.38 bits per heavy atom. The molecule has 0 radical (unpaired) electrons. The van der Waals surface area contributed by atoms with E-state index >= 15 is 0 Å². The Morgan fingerprint density at radius 1 is 1.05 bits per heavy atom. The van der Waals surface area contributed by atoms with Gasteiger partial charge in [-0.15, -0.1) is 0 Å². The average molecular weight is 391 g/mol. The summed E-state index contributed by atoms with van der Waals surface area (Å²) in [6.07, 6.45) is 0. The van der Waals surface area contributed by atoms with Crippen LogP contribution in [0.25, 0.3) is 22.8 Å². The molecule has 0 fully saturated rings. The third-order valence-corrected chi connectivity index (χ3v) is 3.91. The third kappa shape index (κ3) is 2.69. The van der Waals surface area contributed by atoms with Gasteiger partial charge in [0.05, 0.1) is 0 Å². The second-order valence-corrected chi connectivity index (χ2v) is 5.51. The second-order valence-electron chi connectivity index (χ2n) is 4.35. The Labute approximate surface area is 134 Å². The number of aromatic nitrogens is 1. The van der Waals surface area contributed by atoms with E-state index in [1.54, 1.807) is 0 Å². The van der Waals surface area contributed by atoms with Gasteiger partial charge in [0.2, 0.25) is 5.89 Å². The van der Waals surface area contributed by atoms with E-state index in [9.17, 15) is 9.90 Å². The summed E-state index contributed by atoms with van der Waals surface area (Å²) >= 11 is 2.15. The molecule has 0 atom stereocenters. The average Bonchev–Trinajstić information content (AvgIpc) is 2.94. The predicted molar refractivity (Wildman–Crippen MR) is 87.1 cm³/mol. The summed E-state index contributed by atoms with van der Waals surface area (Å²) in [6, 6.07) is 16.7. The van der Waals surface area contributed by atoms with Crippen molar-refractivity contribution in [1.82, 2.24) is 4.98 Å². The highest BCUT2D eigenvalue weighted by Gasteiger charge is 2.22. The molecule has 1 heterocycles. The molecule has 21 heavy (non-hydrogen) atoms. The predicted octanol–water partition coefficient (Wildman–Crippen LogP) is 4.31. The van der Waals surface area contributed by atoms with E-state index in [0.29, 0.717) is 5.89 Å². The van der Waals surface area contributed by atoms with E-state index in [-0.39, 0.29) is 11.5 Å². The molecule has 0 aliphatic heterocycles. The number of hydrogen-bond donors (Lipinski definition) is 1. The van der Waals surface area contributed by atoms with Gasteiger partial charge in [0.15, 0.2) is 11.5 Å². The quantitative estimate of drug-likeness (QED) is 0.676. The van der Waals surface area contributed by atoms with Gasteiger partial charge in [-0.1, -0.05) is 36.4 Å². The summed E-state index contributed by atoms with van der Waals surface area (Å²) in [4.78, 5) is 15.6. The van der Waals surface area contributed by atoms with Crippen LogP contribution in [0.4, 0.5) is 0 Å². The zero-order chi connectivity index (χ0) is 14.8. The molecule has 5 heteroatoms. The highest BCUT2D eigenvalue weighted by Crippen LogP contribution is 2.32. The first-order valence-electron chi connectivity index (χ1n) is 6.21. The fraction of sp³-hybridized carbons (Fsp3) is 0. The first kappa shape index (κ1) is 13.8. The van der Waals surface area contributed by atoms with Gasteiger partial charge < -0.3 is 9.52 Å². The maximum atomic E-state index is 11.4. The number of carboxylic acids is 1. The number of hydrogen-bond acceptors (Lipinski definition) is 3. The Hall–Kier alpha value is -2.15. The van der Waals surface area contributed by atoms with Gasteiger partial charge in [0.1, 0.15) is 0 Å². The lowest BCUT2D eigenvalue weighted by Gasteiger charge is -2.00. The smallest absolute Gasteiger partial charge is 0.358 e. The fourth-order valence-corrected chi connectivity index (χ4v) is 2.63. The van der Waals surface area contributed by atoms with Crippen LogP contribution in [0.15, 0.2) is 59.0 Å². The minimum absolute atomic E-state index is 0.0713. The van der Waals surface area contributed by atoms with E-state index in [0.717, 1.165) is 14.7 Å². The van der Waals surface area contributed by atoms with Crippen molar-refractivity contribution in [2.24, 2.45) is 0 Å². The van der Waals surface area contributed by atoms with Crippen LogP contribution in [0, 0.1) is 3.57 Å². The Kier molecular flexibility index (Phi) is 3.74. The van der Waals surface area contributed by atoms with Crippen molar-refractivity contribution >= 4 is 28.6 Å². The molecule has 3 rings (SSSR count). The molecular formula is C16H10INO3. The van der Waals surface area contributed by atoms with Crippen molar-refractivity contribution < 1.29 is 14.3 Å². The number of rotatable bonds is 3. The van der Waals surface area contributed by atoms with E-state index in [4.69, 9.17) is 4.42 Å². The van der Waals surface area contributed by atoms with Crippen LogP contribution < -0.4 is 0 Å². The molecule has 0 bridgehead atoms. The van der Waals surface area contributed by atoms with Crippen LogP contribution >= 0.6 is 22.6 Å². The van der Waals surface area contributed by atoms with Gasteiger partial charge in [-0.2, -0.15) is 0 Å². The summed E-state index contributed by atoms with van der Waals surface area (Å²) in [5, 5.41) is 9.35. The van der Waals surface area contributed by atoms with Crippen LogP contribution in [0.5, 0.6) is 0 Å². The number of aromatic carboxylic acids is 1. The molecule has 1 N–H and O–H groups in total. The molecule has 1 aromatic heterocycles. The minimum atomic E-state index is -1.10. The van der Waals surface area contributed by atoms with Gasteiger partial charge in [-0.25, -0.2) is 9.78 Å². The van der Waals surface area contributed by atoms with E-state index in [1.807, 2.05) is 54.6 Å². The zero-order valence-electron chi connectivity index (χ0n) is 10.8. The number of benzene rings is 2. The highest BCUT2D eigenvalue weighted by molar-refractivity contribution is 14.1. The Morgan fingerprint density at radius 2 is 1.71 bits per heavy atom. The molecule has 0 spiro atoms. The van der Waals surface area contributed by atoms with Crippen molar-refractivity contribution in [2.45, 2.75) is 0 Å². The van der Waals surface area contributed by atoms with Crippen LogP contribution in [0.3, 0.4) is 0 Å². The lowest BCUT2D eigenvalue weighted by atomic mass is 10.1. The lowest BCUT2D eigenvalue weighted by Crippen LogP contribution is -1.99. The molecule has 0 aliphatic rings. The summed E-state index contributed by atoms with van der Waals surface area (Å²) in [5.41, 5.74) is 1.40. The first-order chi connectivity index (χ1) is 10.2. The largest absolute Gasteiger partial charge is 0.476 e. The van der Waals surface area contributed by atoms with Crippen molar-refractivity contribution in [3.8, 4) is 22.8 Å². The summed E-state index contributed by atoms with van der Waals surface area (Å²) in [7, 11) is 0. The number of halogens is 1. The van der Waals surface area contributed by atoms with E-state index in [2.05, 4.69) is 27.6 Å². The zero-order valence-corrected chi connectivity index (χ0v) is 12.9. The van der Waals surface area contributed by atoms with Crippen molar-refractivity contribution in [1.29, 1.82) is 0 Å². The molecule has 2 aromatic carbocycles. The van der Waals surface area contributed by atoms with Crippen LogP contribution in [-0.4, -0.2) is 16.1 Å². The normalized spacial score (nSPS) is 10.5. The Bertz CT molecular complexity index is 796. The first-order valence-corrected chi connectivity index (χ1v) is 7.29. The van der Waals surface area contributed by atoms with Crippen molar-refractivity contribution in [3.63, 3.8) is 0 Å². The molecule has 0 unspecified atom stereocenters. The minimum Gasteiger partial charge on any atom is -0.476 e. The molecule has 3 aromatic rings. The Balaban J connectivity index is 2.19. The van der Waals surface area contributed by atoms with Gasteiger partial charge >= 0.3 is 5.97 Å². The molecule has 104 valence electrons. The molecule has 4 nitrogen and oxygen atoms in total. The van der Waals surface area contributed by atoms with Gasteiger partial charge in [-0.3, -0.25) is 0 Å². The highest BCUT2D eigenvalue weighted by atomic mass is 127. The van der Waals surface area contributed by atoms with Crippen molar-refractivity contribution in [2.75, 3.05) is 0 Å². The molecule has 0 saturated heterocycles. The number of nitrogens with zero attached hydrogens (tertiary/aromatic N) is 1. The van der Waals surface area contributed by atoms with Crippen LogP contribution in [0.2, 0.25) is 0 Å². The van der Waals surface area contributed by atoms with Crippen LogP contribution in [0.1, 0.15) is 10.5 Å². The SMILES string of the molecule is O=C(O)c1nc(-c2ccccc2)oc1-c1ccccc1I. The molecule has 0 saturated carbocycles. The van der Waals surface area contributed by atoms with E-state index in [1.165, 1.54) is 0 Å². The number of carboxylic acid groups (broad SMARTS) is 1. The fourth-order valence-electron chi connectivity index (χ4n) is 2.00. The topological polar surface area (TPSA) is 63.3 Å². The van der Waals surface area contributed by atoms with Gasteiger partial charge in [0, 0.05) is 14.7 Å². The molecular weight excluding hydrogens is 381 g/mol. The molecule has 0 aliphatic carbocycles. The molecule has 0 amide bonds. The number of carbonyl (C=O) groups is 1. The summed E-state index contributed by atoms with van der Waals surface area (Å²) in [5.74, 6) is -0.510. The maximum Gasteiger partial charge on any atom is 0.358 e. The third-order valence-electron chi connectivity index (χ3n) is 2.97. The maximum absolute atomic E-state index is 11.4. The van der Waals surface area contributed by atoms with Gasteiger partial charge in [-0.05, 0) is 40.8 Å². The summed E-state index contributed by atoms with van der Waals surface area (Å²) < 4.78 is 6.64. The second kappa shape index (κ2) is 5.69. The van der Waals surface area contributed by atoms with E-state index < -0.39 is 5.97 Å². The standard InChI is InChI=1S/C16H10INO3/c17-12-9-5-4-8-11(12)14-13(16(19)20)18-15(21-14)10-6-2-1-3-7-10/h1-9H,(H,19,20). The number of oxazole rings is 1.